The summed E-state index contributed by atoms with van der Waals surface area (Å²) in [5, 5.41) is 8.02. The topological polar surface area (TPSA) is 51.0 Å². The third-order valence-electron chi connectivity index (χ3n) is 6.46. The van der Waals surface area contributed by atoms with Crippen molar-refractivity contribution >= 4 is 11.6 Å². The molecule has 0 saturated heterocycles. The largest absolute Gasteiger partial charge is 0.416 e. The van der Waals surface area contributed by atoms with Crippen LogP contribution in [0.25, 0.3) is 0 Å². The lowest BCUT2D eigenvalue weighted by atomic mass is 9.97. The van der Waals surface area contributed by atoms with E-state index in [1.165, 1.54) is 11.0 Å². The van der Waals surface area contributed by atoms with E-state index in [1.807, 2.05) is 29.8 Å². The highest BCUT2D eigenvalue weighted by Crippen LogP contribution is 2.46. The van der Waals surface area contributed by atoms with Crippen LogP contribution in [-0.4, -0.2) is 20.7 Å². The third kappa shape index (κ3) is 3.67. The van der Waals surface area contributed by atoms with Crippen LogP contribution in [0.15, 0.2) is 42.7 Å². The van der Waals surface area contributed by atoms with Crippen LogP contribution in [0.1, 0.15) is 70.0 Å². The van der Waals surface area contributed by atoms with Crippen LogP contribution in [0.5, 0.6) is 0 Å². The average molecular weight is 440 g/mol. The zero-order chi connectivity index (χ0) is 22.6. The molecule has 0 spiro atoms. The summed E-state index contributed by atoms with van der Waals surface area (Å²) in [5.41, 5.74) is 1.79. The van der Waals surface area contributed by atoms with E-state index in [4.69, 9.17) is 0 Å². The minimum Gasteiger partial charge on any atom is -0.321 e. The van der Waals surface area contributed by atoms with Gasteiger partial charge in [0.1, 0.15) is 12.2 Å². The summed E-state index contributed by atoms with van der Waals surface area (Å²) < 4.78 is 43.3. The summed E-state index contributed by atoms with van der Waals surface area (Å²) in [5.74, 6) is 0.708. The first-order valence-electron chi connectivity index (χ1n) is 10.7. The van der Waals surface area contributed by atoms with Crippen LogP contribution in [0, 0.1) is 0 Å². The van der Waals surface area contributed by atoms with E-state index in [0.29, 0.717) is 17.7 Å². The zero-order valence-electron chi connectivity index (χ0n) is 17.9. The van der Waals surface area contributed by atoms with Gasteiger partial charge in [-0.2, -0.15) is 13.2 Å². The minimum atomic E-state index is -4.49. The highest BCUT2D eigenvalue weighted by molar-refractivity contribution is 6.10. The second-order valence-electron chi connectivity index (χ2n) is 8.82. The molecule has 5 rings (SSSR count). The fraction of sp³-hybridized carbons (Fsp3) is 0.375. The summed E-state index contributed by atoms with van der Waals surface area (Å²) in [6.07, 6.45) is -0.430. The molecule has 2 aromatic carbocycles. The Hall–Kier alpha value is -3.16. The summed E-state index contributed by atoms with van der Waals surface area (Å²) in [6.45, 7) is 1.98. The molecule has 1 unspecified atom stereocenters. The number of benzene rings is 2. The predicted octanol–water partition coefficient (Wildman–Crippen LogP) is 5.22. The standard InChI is InChI=1S/C24H23F3N4O/c1-14(8-22-29-28-13-30(22)2)16-4-3-5-18(9-16)31-12-20-19(23(31)32)10-17(15-6-7-15)11-21(20)24(25,26)27/h3-5,9-11,13-15H,6-8,12H2,1-2H3. The van der Waals surface area contributed by atoms with Gasteiger partial charge in [0.15, 0.2) is 0 Å². The van der Waals surface area contributed by atoms with E-state index >= 15 is 0 Å². The van der Waals surface area contributed by atoms with Gasteiger partial charge < -0.3 is 9.47 Å². The molecule has 2 heterocycles. The Kier molecular flexibility index (Phi) is 4.83. The number of nitrogens with zero attached hydrogens (tertiary/aromatic N) is 4. The number of aryl methyl sites for hydroxylation is 1. The molecule has 2 aliphatic rings. The molecule has 166 valence electrons. The first-order valence-corrected chi connectivity index (χ1v) is 10.7. The first kappa shape index (κ1) is 20.7. The van der Waals surface area contributed by atoms with Crippen LogP contribution in [-0.2, 0) is 26.2 Å². The van der Waals surface area contributed by atoms with E-state index < -0.39 is 11.7 Å². The molecule has 1 atom stereocenters. The van der Waals surface area contributed by atoms with Gasteiger partial charge in [-0.05, 0) is 65.6 Å². The number of fused-ring (bicyclic) bond motifs is 1. The number of carbonyl (C=O) groups is 1. The quantitative estimate of drug-likeness (QED) is 0.547. The Labute approximate surface area is 183 Å². The lowest BCUT2D eigenvalue weighted by molar-refractivity contribution is -0.138. The number of halogens is 3. The van der Waals surface area contributed by atoms with Gasteiger partial charge in [-0.25, -0.2) is 0 Å². The van der Waals surface area contributed by atoms with Gasteiger partial charge in [-0.15, -0.1) is 10.2 Å². The molecule has 8 heteroatoms. The summed E-state index contributed by atoms with van der Waals surface area (Å²) in [6, 6.07) is 10.4. The van der Waals surface area contributed by atoms with Gasteiger partial charge in [0.2, 0.25) is 0 Å². The Balaban J connectivity index is 1.46. The fourth-order valence-electron chi connectivity index (χ4n) is 4.43. The number of hydrogen-bond donors (Lipinski definition) is 0. The maximum absolute atomic E-state index is 13.8. The monoisotopic (exact) mass is 440 g/mol. The molecule has 0 radical (unpaired) electrons. The van der Waals surface area contributed by atoms with Gasteiger partial charge >= 0.3 is 6.18 Å². The molecule has 0 N–H and O–H groups in total. The van der Waals surface area contributed by atoms with Crippen molar-refractivity contribution in [3.63, 3.8) is 0 Å². The van der Waals surface area contributed by atoms with E-state index in [2.05, 4.69) is 17.1 Å². The number of rotatable bonds is 5. The second-order valence-corrected chi connectivity index (χ2v) is 8.82. The molecule has 1 aliphatic carbocycles. The summed E-state index contributed by atoms with van der Waals surface area (Å²) in [4.78, 5) is 14.6. The van der Waals surface area contributed by atoms with Crippen molar-refractivity contribution < 1.29 is 18.0 Å². The van der Waals surface area contributed by atoms with Crippen LogP contribution in [0.4, 0.5) is 18.9 Å². The molecule has 5 nitrogen and oxygen atoms in total. The van der Waals surface area contributed by atoms with E-state index in [1.54, 1.807) is 18.5 Å². The number of anilines is 1. The average Bonchev–Trinajstić information content (AvgIpc) is 3.46. The molecule has 1 aromatic heterocycles. The van der Waals surface area contributed by atoms with Crippen LogP contribution >= 0.6 is 0 Å². The molecule has 1 fully saturated rings. The molecule has 1 saturated carbocycles. The number of hydrogen-bond acceptors (Lipinski definition) is 3. The van der Waals surface area contributed by atoms with Gasteiger partial charge in [-0.1, -0.05) is 19.1 Å². The molecule has 3 aromatic rings. The van der Waals surface area contributed by atoms with Crippen molar-refractivity contribution in [1.29, 1.82) is 0 Å². The van der Waals surface area contributed by atoms with E-state index in [0.717, 1.165) is 24.2 Å². The summed E-state index contributed by atoms with van der Waals surface area (Å²) in [7, 11) is 1.88. The second kappa shape index (κ2) is 7.46. The van der Waals surface area contributed by atoms with Crippen LogP contribution < -0.4 is 4.90 Å². The molecule has 32 heavy (non-hydrogen) atoms. The van der Waals surface area contributed by atoms with Crippen molar-refractivity contribution in [2.24, 2.45) is 7.05 Å². The third-order valence-corrected chi connectivity index (χ3v) is 6.46. The lowest BCUT2D eigenvalue weighted by Crippen LogP contribution is -2.23. The SMILES string of the molecule is CC(Cc1nncn1C)c1cccc(N2Cc3c(cc(C4CC4)cc3C(F)(F)F)C2=O)c1. The first-order chi connectivity index (χ1) is 15.2. The van der Waals surface area contributed by atoms with Crippen molar-refractivity contribution in [3.8, 4) is 0 Å². The van der Waals surface area contributed by atoms with Gasteiger partial charge in [0, 0.05) is 24.7 Å². The maximum atomic E-state index is 13.8. The maximum Gasteiger partial charge on any atom is 0.416 e. The summed E-state index contributed by atoms with van der Waals surface area (Å²) >= 11 is 0. The number of alkyl halides is 3. The molecule has 1 amide bonds. The smallest absolute Gasteiger partial charge is 0.321 e. The molecular weight excluding hydrogens is 417 g/mol. The van der Waals surface area contributed by atoms with Crippen molar-refractivity contribution in [2.75, 3.05) is 4.90 Å². The Morgan fingerprint density at radius 3 is 2.62 bits per heavy atom. The molecule has 1 aliphatic heterocycles. The number of aromatic nitrogens is 3. The van der Waals surface area contributed by atoms with Gasteiger partial charge in [-0.3, -0.25) is 4.79 Å². The lowest BCUT2D eigenvalue weighted by Gasteiger charge is -2.19. The van der Waals surface area contributed by atoms with Crippen molar-refractivity contribution in [2.45, 2.75) is 50.7 Å². The Morgan fingerprint density at radius 2 is 1.97 bits per heavy atom. The van der Waals surface area contributed by atoms with E-state index in [9.17, 15) is 18.0 Å². The Morgan fingerprint density at radius 1 is 1.19 bits per heavy atom. The van der Waals surface area contributed by atoms with Crippen LogP contribution in [0.3, 0.4) is 0 Å². The van der Waals surface area contributed by atoms with Crippen LogP contribution in [0.2, 0.25) is 0 Å². The fourth-order valence-corrected chi connectivity index (χ4v) is 4.43. The minimum absolute atomic E-state index is 0.0736. The Bertz CT molecular complexity index is 1200. The van der Waals surface area contributed by atoms with Crippen molar-refractivity contribution in [3.05, 3.63) is 76.4 Å². The van der Waals surface area contributed by atoms with Gasteiger partial charge in [0.05, 0.1) is 12.1 Å². The highest BCUT2D eigenvalue weighted by atomic mass is 19.4. The number of amides is 1. The molecule has 0 bridgehead atoms. The molecular formula is C24H23F3N4O. The van der Waals surface area contributed by atoms with Gasteiger partial charge in [0.25, 0.3) is 5.91 Å². The highest BCUT2D eigenvalue weighted by Gasteiger charge is 2.41. The number of carbonyl (C=O) groups excluding carboxylic acids is 1. The van der Waals surface area contributed by atoms with Crippen molar-refractivity contribution in [1.82, 2.24) is 14.8 Å². The van der Waals surface area contributed by atoms with E-state index in [-0.39, 0.29) is 35.4 Å². The zero-order valence-corrected chi connectivity index (χ0v) is 17.9. The normalized spacial score (nSPS) is 17.0. The predicted molar refractivity (Wildman–Crippen MR) is 113 cm³/mol.